The standard InChI is InChI=1S/C18H25N3O3/c1-3-9-19-16(22)11-20-18(24)14-10-17(23)21(12-14)15-7-5-13(4-2)6-8-15/h5-8,14H,3-4,9-12H2,1-2H3,(H,19,22)(H,20,24). The van der Waals surface area contributed by atoms with E-state index in [1.54, 1.807) is 4.90 Å². The summed E-state index contributed by atoms with van der Waals surface area (Å²) in [5.74, 6) is -0.929. The molecule has 6 nitrogen and oxygen atoms in total. The molecular formula is C18H25N3O3. The lowest BCUT2D eigenvalue weighted by molar-refractivity contribution is -0.128. The van der Waals surface area contributed by atoms with Crippen molar-refractivity contribution in [3.8, 4) is 0 Å². The first kappa shape index (κ1) is 18.0. The molecule has 1 heterocycles. The van der Waals surface area contributed by atoms with Gasteiger partial charge in [0.25, 0.3) is 0 Å². The summed E-state index contributed by atoms with van der Waals surface area (Å²) < 4.78 is 0. The summed E-state index contributed by atoms with van der Waals surface area (Å²) >= 11 is 0. The fraction of sp³-hybridized carbons (Fsp3) is 0.500. The molecule has 0 aromatic heterocycles. The van der Waals surface area contributed by atoms with Gasteiger partial charge in [-0.3, -0.25) is 14.4 Å². The highest BCUT2D eigenvalue weighted by atomic mass is 16.2. The minimum absolute atomic E-state index is 0.0469. The van der Waals surface area contributed by atoms with Crippen molar-refractivity contribution in [2.45, 2.75) is 33.1 Å². The number of carbonyl (C=O) groups excluding carboxylic acids is 3. The van der Waals surface area contributed by atoms with Crippen LogP contribution < -0.4 is 15.5 Å². The molecular weight excluding hydrogens is 306 g/mol. The number of aryl methyl sites for hydroxylation is 1. The van der Waals surface area contributed by atoms with Crippen molar-refractivity contribution >= 4 is 23.4 Å². The van der Waals surface area contributed by atoms with Gasteiger partial charge in [0.05, 0.1) is 12.5 Å². The van der Waals surface area contributed by atoms with Crippen molar-refractivity contribution in [2.75, 3.05) is 24.5 Å². The maximum Gasteiger partial charge on any atom is 0.239 e. The van der Waals surface area contributed by atoms with Gasteiger partial charge < -0.3 is 15.5 Å². The highest BCUT2D eigenvalue weighted by Gasteiger charge is 2.35. The number of hydrogen-bond acceptors (Lipinski definition) is 3. The predicted molar refractivity (Wildman–Crippen MR) is 92.6 cm³/mol. The van der Waals surface area contributed by atoms with Gasteiger partial charge in [-0.05, 0) is 30.5 Å². The Labute approximate surface area is 142 Å². The molecule has 1 aromatic rings. The average Bonchev–Trinajstić information content (AvgIpc) is 2.99. The Hall–Kier alpha value is -2.37. The van der Waals surface area contributed by atoms with E-state index in [9.17, 15) is 14.4 Å². The van der Waals surface area contributed by atoms with Gasteiger partial charge in [-0.25, -0.2) is 0 Å². The Kier molecular flexibility index (Phi) is 6.35. The molecule has 24 heavy (non-hydrogen) atoms. The molecule has 1 saturated heterocycles. The van der Waals surface area contributed by atoms with Crippen LogP contribution in [-0.4, -0.2) is 37.4 Å². The van der Waals surface area contributed by atoms with E-state index in [2.05, 4.69) is 17.6 Å². The van der Waals surface area contributed by atoms with E-state index in [0.717, 1.165) is 18.5 Å². The normalized spacial score (nSPS) is 17.0. The molecule has 3 amide bonds. The topological polar surface area (TPSA) is 78.5 Å². The van der Waals surface area contributed by atoms with Crippen molar-refractivity contribution in [3.63, 3.8) is 0 Å². The second kappa shape index (κ2) is 8.47. The van der Waals surface area contributed by atoms with Crippen LogP contribution in [-0.2, 0) is 20.8 Å². The molecule has 1 atom stereocenters. The zero-order chi connectivity index (χ0) is 17.5. The third kappa shape index (κ3) is 4.57. The van der Waals surface area contributed by atoms with Crippen LogP contribution in [0.1, 0.15) is 32.3 Å². The molecule has 1 unspecified atom stereocenters. The lowest BCUT2D eigenvalue weighted by Crippen LogP contribution is -2.40. The van der Waals surface area contributed by atoms with E-state index in [1.165, 1.54) is 5.56 Å². The molecule has 130 valence electrons. The maximum absolute atomic E-state index is 12.2. The van der Waals surface area contributed by atoms with Crippen molar-refractivity contribution in [1.82, 2.24) is 10.6 Å². The number of rotatable bonds is 7. The zero-order valence-electron chi connectivity index (χ0n) is 14.3. The van der Waals surface area contributed by atoms with E-state index in [4.69, 9.17) is 0 Å². The van der Waals surface area contributed by atoms with Crippen LogP contribution in [0.5, 0.6) is 0 Å². The largest absolute Gasteiger partial charge is 0.355 e. The Morgan fingerprint density at radius 1 is 1.17 bits per heavy atom. The Bertz CT molecular complexity index is 598. The van der Waals surface area contributed by atoms with Crippen LogP contribution in [0.2, 0.25) is 0 Å². The summed E-state index contributed by atoms with van der Waals surface area (Å²) in [6.45, 7) is 4.94. The summed E-state index contributed by atoms with van der Waals surface area (Å²) in [5.41, 5.74) is 2.02. The summed E-state index contributed by atoms with van der Waals surface area (Å²) in [6, 6.07) is 7.81. The predicted octanol–water partition coefficient (Wildman–Crippen LogP) is 1.24. The third-order valence-electron chi connectivity index (χ3n) is 4.15. The molecule has 1 aromatic carbocycles. The Morgan fingerprint density at radius 3 is 2.50 bits per heavy atom. The highest BCUT2D eigenvalue weighted by molar-refractivity contribution is 6.00. The minimum Gasteiger partial charge on any atom is -0.355 e. The first-order chi connectivity index (χ1) is 11.5. The second-order valence-corrected chi connectivity index (χ2v) is 5.99. The van der Waals surface area contributed by atoms with Crippen LogP contribution in [0.4, 0.5) is 5.69 Å². The van der Waals surface area contributed by atoms with E-state index < -0.39 is 5.92 Å². The van der Waals surface area contributed by atoms with E-state index in [1.807, 2.05) is 31.2 Å². The van der Waals surface area contributed by atoms with Crippen molar-refractivity contribution in [2.24, 2.45) is 5.92 Å². The first-order valence-electron chi connectivity index (χ1n) is 8.48. The molecule has 1 aliphatic rings. The van der Waals surface area contributed by atoms with Gasteiger partial charge in [0.15, 0.2) is 0 Å². The maximum atomic E-state index is 12.2. The van der Waals surface area contributed by atoms with Crippen molar-refractivity contribution in [1.29, 1.82) is 0 Å². The fourth-order valence-corrected chi connectivity index (χ4v) is 2.68. The number of amides is 3. The molecule has 0 bridgehead atoms. The minimum atomic E-state index is -0.415. The van der Waals surface area contributed by atoms with Crippen molar-refractivity contribution < 1.29 is 14.4 Å². The van der Waals surface area contributed by atoms with Crippen LogP contribution in [0.3, 0.4) is 0 Å². The van der Waals surface area contributed by atoms with Gasteiger partial charge in [0.2, 0.25) is 17.7 Å². The summed E-state index contributed by atoms with van der Waals surface area (Å²) in [6.07, 6.45) is 1.97. The SMILES string of the molecule is CCCNC(=O)CNC(=O)C1CC(=O)N(c2ccc(CC)cc2)C1. The second-order valence-electron chi connectivity index (χ2n) is 5.99. The number of hydrogen-bond donors (Lipinski definition) is 2. The quantitative estimate of drug-likeness (QED) is 0.789. The fourth-order valence-electron chi connectivity index (χ4n) is 2.68. The first-order valence-corrected chi connectivity index (χ1v) is 8.48. The lowest BCUT2D eigenvalue weighted by Gasteiger charge is -2.17. The van der Waals surface area contributed by atoms with Gasteiger partial charge in [0, 0.05) is 25.2 Å². The molecule has 1 fully saturated rings. The van der Waals surface area contributed by atoms with E-state index in [0.29, 0.717) is 13.1 Å². The molecule has 0 saturated carbocycles. The van der Waals surface area contributed by atoms with Gasteiger partial charge in [-0.1, -0.05) is 26.0 Å². The number of nitrogens with one attached hydrogen (secondary N) is 2. The van der Waals surface area contributed by atoms with E-state index in [-0.39, 0.29) is 30.7 Å². The Morgan fingerprint density at radius 2 is 1.88 bits per heavy atom. The zero-order valence-corrected chi connectivity index (χ0v) is 14.3. The molecule has 1 aliphatic heterocycles. The van der Waals surface area contributed by atoms with Crippen LogP contribution in [0.25, 0.3) is 0 Å². The van der Waals surface area contributed by atoms with Gasteiger partial charge >= 0.3 is 0 Å². The van der Waals surface area contributed by atoms with Gasteiger partial charge in [0.1, 0.15) is 0 Å². The molecule has 0 radical (unpaired) electrons. The molecule has 2 N–H and O–H groups in total. The average molecular weight is 331 g/mol. The summed E-state index contributed by atoms with van der Waals surface area (Å²) in [5, 5.41) is 5.32. The lowest BCUT2D eigenvalue weighted by atomic mass is 10.1. The highest BCUT2D eigenvalue weighted by Crippen LogP contribution is 2.25. The number of nitrogens with zero attached hydrogens (tertiary/aromatic N) is 1. The summed E-state index contributed by atoms with van der Waals surface area (Å²) in [4.78, 5) is 37.5. The van der Waals surface area contributed by atoms with Crippen LogP contribution in [0, 0.1) is 5.92 Å². The van der Waals surface area contributed by atoms with Crippen molar-refractivity contribution in [3.05, 3.63) is 29.8 Å². The monoisotopic (exact) mass is 331 g/mol. The molecule has 6 heteroatoms. The number of benzene rings is 1. The van der Waals surface area contributed by atoms with Gasteiger partial charge in [-0.2, -0.15) is 0 Å². The number of carbonyl (C=O) groups is 3. The molecule has 0 aliphatic carbocycles. The summed E-state index contributed by atoms with van der Waals surface area (Å²) in [7, 11) is 0. The third-order valence-corrected chi connectivity index (χ3v) is 4.15. The smallest absolute Gasteiger partial charge is 0.239 e. The molecule has 0 spiro atoms. The van der Waals surface area contributed by atoms with Crippen LogP contribution >= 0.6 is 0 Å². The number of anilines is 1. The Balaban J connectivity index is 1.88. The molecule has 2 rings (SSSR count). The van der Waals surface area contributed by atoms with Crippen LogP contribution in [0.15, 0.2) is 24.3 Å². The van der Waals surface area contributed by atoms with E-state index >= 15 is 0 Å². The van der Waals surface area contributed by atoms with Gasteiger partial charge in [-0.15, -0.1) is 0 Å².